The maximum absolute atomic E-state index is 10.5. The minimum Gasteiger partial charge on any atom is -0.496 e. The quantitative estimate of drug-likeness (QED) is 0.786. The molecule has 0 bridgehead atoms. The third-order valence-corrected chi connectivity index (χ3v) is 2.73. The van der Waals surface area contributed by atoms with Crippen LogP contribution >= 0.6 is 0 Å². The summed E-state index contributed by atoms with van der Waals surface area (Å²) in [7, 11) is 1.57. The molecule has 0 heterocycles. The lowest BCUT2D eigenvalue weighted by molar-refractivity contribution is -0.131. The molecule has 1 aromatic rings. The first kappa shape index (κ1) is 14.3. The molecule has 0 aliphatic carbocycles. The molecule has 1 rings (SSSR count). The molecule has 18 heavy (non-hydrogen) atoms. The monoisotopic (exact) mass is 249 g/mol. The zero-order chi connectivity index (χ0) is 13.7. The van der Waals surface area contributed by atoms with Crippen LogP contribution in [0.4, 0.5) is 0 Å². The molecule has 4 heteroatoms. The minimum absolute atomic E-state index is 0.380. The molecule has 1 unspecified atom stereocenters. The van der Waals surface area contributed by atoms with Gasteiger partial charge in [-0.05, 0) is 23.6 Å². The van der Waals surface area contributed by atoms with Gasteiger partial charge in [0, 0.05) is 11.6 Å². The van der Waals surface area contributed by atoms with Crippen LogP contribution in [0.15, 0.2) is 30.4 Å². The van der Waals surface area contributed by atoms with Crippen LogP contribution in [0.1, 0.15) is 36.9 Å². The fraction of sp³-hybridized carbons (Fsp3) is 0.357. The van der Waals surface area contributed by atoms with E-state index in [1.807, 2.05) is 18.2 Å². The molecule has 0 aromatic heterocycles. The first-order valence-electron chi connectivity index (χ1n) is 5.80. The van der Waals surface area contributed by atoms with Gasteiger partial charge in [-0.3, -0.25) is 0 Å². The van der Waals surface area contributed by atoms with Gasteiger partial charge < -0.3 is 15.6 Å². The highest BCUT2D eigenvalue weighted by Crippen LogP contribution is 2.28. The number of carbonyl (C=O) groups is 1. The molecule has 0 saturated carbocycles. The van der Waals surface area contributed by atoms with Crippen LogP contribution in [-0.2, 0) is 4.79 Å². The van der Waals surface area contributed by atoms with E-state index in [9.17, 15) is 4.79 Å². The van der Waals surface area contributed by atoms with Crippen molar-refractivity contribution in [2.45, 2.75) is 25.8 Å². The summed E-state index contributed by atoms with van der Waals surface area (Å²) < 4.78 is 5.25. The van der Waals surface area contributed by atoms with Crippen LogP contribution in [0.2, 0.25) is 0 Å². The van der Waals surface area contributed by atoms with Gasteiger partial charge in [-0.25, -0.2) is 4.79 Å². The molecule has 0 aliphatic heterocycles. The summed E-state index contributed by atoms with van der Waals surface area (Å²) in [6, 6.07) is 5.31. The molecule has 0 amide bonds. The first-order valence-corrected chi connectivity index (χ1v) is 5.80. The number of aliphatic carboxylic acids is 1. The van der Waals surface area contributed by atoms with Crippen molar-refractivity contribution in [2.24, 2.45) is 5.73 Å². The summed E-state index contributed by atoms with van der Waals surface area (Å²) in [5, 5.41) is 8.60. The lowest BCUT2D eigenvalue weighted by Crippen LogP contribution is -2.10. The predicted octanol–water partition coefficient (Wildman–Crippen LogP) is 2.46. The minimum atomic E-state index is -1.01. The number of methoxy groups -OCH3 is 1. The first-order chi connectivity index (χ1) is 8.45. The van der Waals surface area contributed by atoms with Crippen LogP contribution in [-0.4, -0.2) is 18.2 Å². The van der Waals surface area contributed by atoms with Crippen molar-refractivity contribution in [1.29, 1.82) is 0 Å². The Labute approximate surface area is 107 Å². The van der Waals surface area contributed by atoms with E-state index in [0.717, 1.165) is 17.2 Å². The number of benzene rings is 1. The van der Waals surface area contributed by atoms with E-state index in [2.05, 4.69) is 13.8 Å². The standard InChI is InChI=1S/C14H19NO3/c1-9(2)10-4-6-13(18-3)11(8-10)12(15)5-7-14(16)17/h4-9,12H,15H2,1-3H3,(H,16,17)/b7-5+. The van der Waals surface area contributed by atoms with Crippen molar-refractivity contribution in [3.63, 3.8) is 0 Å². The summed E-state index contributed by atoms with van der Waals surface area (Å²) in [6.45, 7) is 4.18. The van der Waals surface area contributed by atoms with E-state index >= 15 is 0 Å². The largest absolute Gasteiger partial charge is 0.496 e. The van der Waals surface area contributed by atoms with Crippen LogP contribution in [0.25, 0.3) is 0 Å². The van der Waals surface area contributed by atoms with Gasteiger partial charge in [-0.1, -0.05) is 26.0 Å². The van der Waals surface area contributed by atoms with E-state index in [1.165, 1.54) is 6.08 Å². The fourth-order valence-corrected chi connectivity index (χ4v) is 1.66. The normalized spacial score (nSPS) is 12.9. The van der Waals surface area contributed by atoms with Gasteiger partial charge >= 0.3 is 5.97 Å². The third kappa shape index (κ3) is 3.60. The molecule has 3 N–H and O–H groups in total. The Morgan fingerprint density at radius 3 is 2.61 bits per heavy atom. The van der Waals surface area contributed by atoms with Gasteiger partial charge in [0.1, 0.15) is 5.75 Å². The molecule has 98 valence electrons. The van der Waals surface area contributed by atoms with Crippen LogP contribution in [0, 0.1) is 0 Å². The average molecular weight is 249 g/mol. The highest BCUT2D eigenvalue weighted by atomic mass is 16.5. The number of rotatable bonds is 5. The van der Waals surface area contributed by atoms with Crippen molar-refractivity contribution < 1.29 is 14.6 Å². The third-order valence-electron chi connectivity index (χ3n) is 2.73. The number of ether oxygens (including phenoxy) is 1. The Kier molecular flexibility index (Phi) is 4.92. The van der Waals surface area contributed by atoms with Crippen LogP contribution in [0.3, 0.4) is 0 Å². The summed E-state index contributed by atoms with van der Waals surface area (Å²) in [5.41, 5.74) is 7.89. The van der Waals surface area contributed by atoms with Gasteiger partial charge in [0.2, 0.25) is 0 Å². The second-order valence-corrected chi connectivity index (χ2v) is 4.38. The Morgan fingerprint density at radius 2 is 2.11 bits per heavy atom. The number of hydrogen-bond acceptors (Lipinski definition) is 3. The maximum Gasteiger partial charge on any atom is 0.328 e. The highest BCUT2D eigenvalue weighted by Gasteiger charge is 2.12. The Balaban J connectivity index is 3.11. The molecule has 0 fully saturated rings. The molecule has 0 saturated heterocycles. The zero-order valence-electron chi connectivity index (χ0n) is 10.9. The fourth-order valence-electron chi connectivity index (χ4n) is 1.66. The molecule has 4 nitrogen and oxygen atoms in total. The van der Waals surface area contributed by atoms with Gasteiger partial charge in [0.15, 0.2) is 0 Å². The van der Waals surface area contributed by atoms with Crippen LogP contribution in [0.5, 0.6) is 5.75 Å². The second-order valence-electron chi connectivity index (χ2n) is 4.38. The van der Waals surface area contributed by atoms with E-state index in [1.54, 1.807) is 7.11 Å². The summed E-state index contributed by atoms with van der Waals surface area (Å²) >= 11 is 0. The van der Waals surface area contributed by atoms with E-state index in [4.69, 9.17) is 15.6 Å². The lowest BCUT2D eigenvalue weighted by Gasteiger charge is -2.15. The predicted molar refractivity (Wildman–Crippen MR) is 70.8 cm³/mol. The molecule has 1 atom stereocenters. The molecular weight excluding hydrogens is 230 g/mol. The smallest absolute Gasteiger partial charge is 0.328 e. The average Bonchev–Trinajstić information content (AvgIpc) is 2.34. The van der Waals surface area contributed by atoms with Crippen molar-refractivity contribution in [1.82, 2.24) is 0 Å². The molecule has 0 radical (unpaired) electrons. The Bertz CT molecular complexity index is 452. The van der Waals surface area contributed by atoms with Crippen molar-refractivity contribution in [3.05, 3.63) is 41.5 Å². The van der Waals surface area contributed by atoms with Gasteiger partial charge in [0.25, 0.3) is 0 Å². The second kappa shape index (κ2) is 6.21. The highest BCUT2D eigenvalue weighted by molar-refractivity contribution is 5.79. The summed E-state index contributed by atoms with van der Waals surface area (Å²) in [4.78, 5) is 10.5. The molecule has 1 aromatic carbocycles. The van der Waals surface area contributed by atoms with E-state index in [-0.39, 0.29) is 0 Å². The molecule has 0 spiro atoms. The van der Waals surface area contributed by atoms with Crippen molar-refractivity contribution in [2.75, 3.05) is 7.11 Å². The SMILES string of the molecule is COc1ccc(C(C)C)cc1C(N)/C=C/C(=O)O. The van der Waals surface area contributed by atoms with Crippen LogP contribution < -0.4 is 10.5 Å². The number of carboxylic acid groups (broad SMARTS) is 1. The summed E-state index contributed by atoms with van der Waals surface area (Å²) in [6.07, 6.45) is 2.50. The van der Waals surface area contributed by atoms with Crippen molar-refractivity contribution in [3.8, 4) is 5.75 Å². The Hall–Kier alpha value is -1.81. The summed E-state index contributed by atoms with van der Waals surface area (Å²) in [5.74, 6) is 0.0386. The van der Waals surface area contributed by atoms with Gasteiger partial charge in [-0.2, -0.15) is 0 Å². The van der Waals surface area contributed by atoms with Gasteiger partial charge in [-0.15, -0.1) is 0 Å². The Morgan fingerprint density at radius 1 is 1.44 bits per heavy atom. The molecular formula is C14H19NO3. The number of nitrogens with two attached hydrogens (primary N) is 1. The van der Waals surface area contributed by atoms with E-state index < -0.39 is 12.0 Å². The number of hydrogen-bond donors (Lipinski definition) is 2. The van der Waals surface area contributed by atoms with E-state index in [0.29, 0.717) is 11.7 Å². The number of carboxylic acids is 1. The maximum atomic E-state index is 10.5. The molecule has 0 aliphatic rings. The zero-order valence-corrected chi connectivity index (χ0v) is 10.9. The topological polar surface area (TPSA) is 72.5 Å². The van der Waals surface area contributed by atoms with Crippen molar-refractivity contribution >= 4 is 5.97 Å². The van der Waals surface area contributed by atoms with Gasteiger partial charge in [0.05, 0.1) is 13.2 Å². The lowest BCUT2D eigenvalue weighted by atomic mass is 9.97.